The number of anilines is 1. The molecule has 0 saturated heterocycles. The normalized spacial score (nSPS) is 10.9. The lowest BCUT2D eigenvalue weighted by Gasteiger charge is -2.10. The van der Waals surface area contributed by atoms with Crippen LogP contribution in [0.5, 0.6) is 0 Å². The summed E-state index contributed by atoms with van der Waals surface area (Å²) in [5.41, 5.74) is 2.46. The second kappa shape index (κ2) is 5.64. The highest BCUT2D eigenvalue weighted by Gasteiger charge is 2.19. The quantitative estimate of drug-likeness (QED) is 0.755. The molecule has 118 valence electrons. The van der Waals surface area contributed by atoms with Gasteiger partial charge < -0.3 is 5.11 Å². The van der Waals surface area contributed by atoms with Crippen LogP contribution in [-0.4, -0.2) is 20.7 Å². The summed E-state index contributed by atoms with van der Waals surface area (Å²) in [7, 11) is 0. The minimum Gasteiger partial charge on any atom is -0.477 e. The molecule has 0 atom stereocenters. The van der Waals surface area contributed by atoms with E-state index in [1.807, 2.05) is 0 Å². The third-order valence-corrected chi connectivity index (χ3v) is 4.64. The van der Waals surface area contributed by atoms with E-state index in [1.165, 1.54) is 18.5 Å². The highest BCUT2D eigenvalue weighted by atomic mass is 35.5. The molecule has 0 spiro atoms. The molecule has 0 amide bonds. The van der Waals surface area contributed by atoms with Gasteiger partial charge in [-0.25, -0.2) is 18.8 Å². The molecule has 1 aromatic carbocycles. The Balaban J connectivity index is 2.12. The van der Waals surface area contributed by atoms with E-state index in [9.17, 15) is 14.0 Å². The molecule has 2 N–H and O–H groups in total. The number of fused-ring (bicyclic) bond motifs is 1. The summed E-state index contributed by atoms with van der Waals surface area (Å²) < 4.78 is 14.8. The molecule has 6 nitrogen and oxygen atoms in total. The maximum atomic E-state index is 13.8. The number of rotatable bonds is 3. The SMILES string of the molecule is Cc1c(C(=O)O)sc2ncn(Nc3ccc(Cl)cc3F)c(=O)c12. The van der Waals surface area contributed by atoms with Gasteiger partial charge in [0.25, 0.3) is 5.56 Å². The van der Waals surface area contributed by atoms with Crippen LogP contribution in [0.15, 0.2) is 29.3 Å². The minimum atomic E-state index is -1.12. The first-order valence-corrected chi connectivity index (χ1v) is 7.54. The minimum absolute atomic E-state index is 0.0454. The lowest BCUT2D eigenvalue weighted by Crippen LogP contribution is -2.27. The first-order valence-electron chi connectivity index (χ1n) is 6.34. The predicted molar refractivity (Wildman–Crippen MR) is 86.0 cm³/mol. The third-order valence-electron chi connectivity index (χ3n) is 3.22. The molecule has 23 heavy (non-hydrogen) atoms. The van der Waals surface area contributed by atoms with Crippen LogP contribution in [0.25, 0.3) is 10.2 Å². The van der Waals surface area contributed by atoms with E-state index in [-0.39, 0.29) is 21.0 Å². The molecule has 9 heteroatoms. The maximum absolute atomic E-state index is 13.8. The topological polar surface area (TPSA) is 84.2 Å². The van der Waals surface area contributed by atoms with Crippen LogP contribution >= 0.6 is 22.9 Å². The number of hydrogen-bond donors (Lipinski definition) is 2. The standard InChI is InChI=1S/C14H9ClFN3O3S/c1-6-10-12(23-11(6)14(21)22)17-5-19(13(10)20)18-9-3-2-7(15)4-8(9)16/h2-5,18H,1H3,(H,21,22). The predicted octanol–water partition coefficient (Wildman–Crippen LogP) is 3.13. The maximum Gasteiger partial charge on any atom is 0.346 e. The van der Waals surface area contributed by atoms with Crippen molar-refractivity contribution < 1.29 is 14.3 Å². The van der Waals surface area contributed by atoms with Crippen LogP contribution in [0.3, 0.4) is 0 Å². The second-order valence-electron chi connectivity index (χ2n) is 4.70. The molecule has 0 radical (unpaired) electrons. The summed E-state index contributed by atoms with van der Waals surface area (Å²) in [5.74, 6) is -1.74. The molecule has 3 aromatic rings. The number of aromatic nitrogens is 2. The Morgan fingerprint density at radius 1 is 1.48 bits per heavy atom. The number of halogens is 2. The van der Waals surface area contributed by atoms with Gasteiger partial charge in [0.15, 0.2) is 0 Å². The van der Waals surface area contributed by atoms with Gasteiger partial charge in [-0.1, -0.05) is 11.6 Å². The number of aromatic carboxylic acids is 1. The Morgan fingerprint density at radius 2 is 2.22 bits per heavy atom. The van der Waals surface area contributed by atoms with Gasteiger partial charge in [0.2, 0.25) is 0 Å². The molecule has 0 saturated carbocycles. The first kappa shape index (κ1) is 15.4. The number of carboxylic acids is 1. The van der Waals surface area contributed by atoms with E-state index < -0.39 is 17.3 Å². The van der Waals surface area contributed by atoms with Crippen LogP contribution in [-0.2, 0) is 0 Å². The van der Waals surface area contributed by atoms with Crippen LogP contribution in [0, 0.1) is 12.7 Å². The molecule has 2 heterocycles. The van der Waals surface area contributed by atoms with Gasteiger partial charge in [-0.2, -0.15) is 0 Å². The Morgan fingerprint density at radius 3 is 2.87 bits per heavy atom. The van der Waals surface area contributed by atoms with Crippen molar-refractivity contribution in [2.75, 3.05) is 5.43 Å². The zero-order valence-electron chi connectivity index (χ0n) is 11.6. The Bertz CT molecular complexity index is 999. The van der Waals surface area contributed by atoms with E-state index in [0.717, 1.165) is 22.1 Å². The number of carbonyl (C=O) groups is 1. The summed E-state index contributed by atoms with van der Waals surface area (Å²) >= 11 is 6.60. The van der Waals surface area contributed by atoms with Crippen molar-refractivity contribution in [1.29, 1.82) is 0 Å². The van der Waals surface area contributed by atoms with Crippen LogP contribution < -0.4 is 11.0 Å². The Labute approximate surface area is 137 Å². The van der Waals surface area contributed by atoms with E-state index in [0.29, 0.717) is 10.4 Å². The lowest BCUT2D eigenvalue weighted by atomic mass is 10.2. The van der Waals surface area contributed by atoms with E-state index >= 15 is 0 Å². The highest BCUT2D eigenvalue weighted by molar-refractivity contribution is 7.20. The monoisotopic (exact) mass is 353 g/mol. The molecular weight excluding hydrogens is 345 g/mol. The fourth-order valence-electron chi connectivity index (χ4n) is 2.12. The molecule has 3 rings (SSSR count). The zero-order chi connectivity index (χ0) is 16.7. The van der Waals surface area contributed by atoms with Gasteiger partial charge in [-0.3, -0.25) is 10.2 Å². The van der Waals surface area contributed by atoms with Gasteiger partial charge in [0, 0.05) is 5.02 Å². The molecule has 0 fully saturated rings. The molecule has 0 bridgehead atoms. The number of nitrogens with zero attached hydrogens (tertiary/aromatic N) is 2. The highest BCUT2D eigenvalue weighted by Crippen LogP contribution is 2.26. The van der Waals surface area contributed by atoms with Gasteiger partial charge in [0.05, 0.1) is 11.1 Å². The van der Waals surface area contributed by atoms with Gasteiger partial charge in [-0.15, -0.1) is 11.3 Å². The second-order valence-corrected chi connectivity index (χ2v) is 6.13. The number of aryl methyl sites for hydroxylation is 1. The number of thiophene rings is 1. The van der Waals surface area contributed by atoms with E-state index in [1.54, 1.807) is 6.92 Å². The molecule has 0 aliphatic heterocycles. The van der Waals surface area contributed by atoms with Gasteiger partial charge >= 0.3 is 5.97 Å². The number of hydrogen-bond acceptors (Lipinski definition) is 5. The van der Waals surface area contributed by atoms with Crippen molar-refractivity contribution in [1.82, 2.24) is 9.66 Å². The molecule has 0 aliphatic rings. The molecule has 2 aromatic heterocycles. The first-order chi connectivity index (χ1) is 10.9. The van der Waals surface area contributed by atoms with Crippen LogP contribution in [0.1, 0.15) is 15.2 Å². The lowest BCUT2D eigenvalue weighted by molar-refractivity contribution is 0.0701. The summed E-state index contributed by atoms with van der Waals surface area (Å²) in [6.45, 7) is 1.54. The molecular formula is C14H9ClFN3O3S. The Kier molecular flexibility index (Phi) is 3.78. The Hall–Kier alpha value is -2.45. The number of benzene rings is 1. The van der Waals surface area contributed by atoms with Crippen molar-refractivity contribution >= 4 is 44.8 Å². The van der Waals surface area contributed by atoms with E-state index in [2.05, 4.69) is 10.4 Å². The zero-order valence-corrected chi connectivity index (χ0v) is 13.2. The molecule has 0 unspecified atom stereocenters. The van der Waals surface area contributed by atoms with Crippen molar-refractivity contribution in [3.63, 3.8) is 0 Å². The third kappa shape index (κ3) is 2.66. The fourth-order valence-corrected chi connectivity index (χ4v) is 3.25. The summed E-state index contributed by atoms with van der Waals surface area (Å²) in [6, 6.07) is 3.97. The summed E-state index contributed by atoms with van der Waals surface area (Å²) in [5, 5.41) is 9.54. The van der Waals surface area contributed by atoms with E-state index in [4.69, 9.17) is 16.7 Å². The van der Waals surface area contributed by atoms with Crippen molar-refractivity contribution in [3.8, 4) is 0 Å². The molecule has 0 aliphatic carbocycles. The fraction of sp³-hybridized carbons (Fsp3) is 0.0714. The number of nitrogens with one attached hydrogen (secondary N) is 1. The largest absolute Gasteiger partial charge is 0.477 e. The average Bonchev–Trinajstić information content (AvgIpc) is 2.82. The average molecular weight is 354 g/mol. The van der Waals surface area contributed by atoms with Gasteiger partial charge in [0.1, 0.15) is 21.9 Å². The van der Waals surface area contributed by atoms with Crippen LogP contribution in [0.4, 0.5) is 10.1 Å². The van der Waals surface area contributed by atoms with Crippen molar-refractivity contribution in [2.45, 2.75) is 6.92 Å². The summed E-state index contributed by atoms with van der Waals surface area (Å²) in [6.07, 6.45) is 1.18. The van der Waals surface area contributed by atoms with Crippen molar-refractivity contribution in [2.24, 2.45) is 0 Å². The van der Waals surface area contributed by atoms with Crippen LogP contribution in [0.2, 0.25) is 5.02 Å². The number of carboxylic acid groups (broad SMARTS) is 1. The smallest absolute Gasteiger partial charge is 0.346 e. The van der Waals surface area contributed by atoms with Crippen molar-refractivity contribution in [3.05, 3.63) is 56.2 Å². The van der Waals surface area contributed by atoms with Gasteiger partial charge in [-0.05, 0) is 30.7 Å². The summed E-state index contributed by atoms with van der Waals surface area (Å²) in [4.78, 5) is 28.1.